The van der Waals surface area contributed by atoms with E-state index < -0.39 is 13.1 Å². The van der Waals surface area contributed by atoms with Crippen molar-refractivity contribution >= 4 is 38.3 Å². The summed E-state index contributed by atoms with van der Waals surface area (Å²) in [5.41, 5.74) is 2.03. The lowest BCUT2D eigenvalue weighted by Gasteiger charge is -2.14. The van der Waals surface area contributed by atoms with Gasteiger partial charge in [-0.3, -0.25) is 4.79 Å². The lowest BCUT2D eigenvalue weighted by molar-refractivity contribution is 0.0827. The molecule has 0 heterocycles. The van der Waals surface area contributed by atoms with Crippen molar-refractivity contribution in [2.75, 3.05) is 21.2 Å². The first-order valence-electron chi connectivity index (χ1n) is 7.56. The summed E-state index contributed by atoms with van der Waals surface area (Å²) in [7, 11) is 1.32. The third-order valence-electron chi connectivity index (χ3n) is 3.75. The van der Waals surface area contributed by atoms with E-state index in [-0.39, 0.29) is 10.8 Å². The molecular weight excluding hydrogens is 453 g/mol. The van der Waals surface area contributed by atoms with Gasteiger partial charge in [0.05, 0.1) is 7.11 Å². The Kier molecular flexibility index (Phi) is 6.10. The number of alkyl halides is 1. The van der Waals surface area contributed by atoms with Gasteiger partial charge in [0, 0.05) is 19.7 Å². The molecule has 0 saturated heterocycles. The maximum Gasteiger partial charge on any atom is 0.253 e. The third-order valence-corrected chi connectivity index (χ3v) is 7.54. The molecule has 0 aliphatic carbocycles. The van der Waals surface area contributed by atoms with E-state index in [1.807, 2.05) is 28.7 Å². The molecule has 1 atom stereocenters. The number of hydrogen-bond donors (Lipinski definition) is 0. The van der Waals surface area contributed by atoms with Gasteiger partial charge in [-0.05, 0) is 42.3 Å². The Bertz CT molecular complexity index is 892. The van der Waals surface area contributed by atoms with Crippen LogP contribution < -0.4 is 4.74 Å². The van der Waals surface area contributed by atoms with Crippen LogP contribution in [0.1, 0.15) is 17.3 Å². The van der Waals surface area contributed by atoms with E-state index in [1.54, 1.807) is 57.4 Å². The van der Waals surface area contributed by atoms with E-state index in [1.165, 1.54) is 12.0 Å². The number of carbonyl (C=O) groups is 1. The Morgan fingerprint density at radius 1 is 1.12 bits per heavy atom. The predicted octanol–water partition coefficient (Wildman–Crippen LogP) is 3.62. The maximum absolute atomic E-state index is 12.6. The van der Waals surface area contributed by atoms with Crippen LogP contribution in [0.4, 0.5) is 0 Å². The van der Waals surface area contributed by atoms with E-state index in [0.717, 1.165) is 5.56 Å². The van der Waals surface area contributed by atoms with Crippen molar-refractivity contribution in [3.63, 3.8) is 0 Å². The zero-order valence-electron chi connectivity index (χ0n) is 14.5. The SMILES string of the molecule is COc1ccc(-c2cccc(C(=O)N(C)C)c2)cc1S(=O)(=O)[C@H](C)I. The first-order chi connectivity index (χ1) is 11.7. The average Bonchev–Trinajstić information content (AvgIpc) is 2.60. The molecule has 0 N–H and O–H groups in total. The Morgan fingerprint density at radius 2 is 1.76 bits per heavy atom. The Balaban J connectivity index is 2.59. The molecule has 7 heteroatoms. The standard InChI is InChI=1S/C18H20INO4S/c1-12(19)25(22,23)17-11-14(8-9-16(17)24-4)13-6-5-7-15(10-13)18(21)20(2)3/h5-12H,1-4H3/t12-/m1/s1. The Labute approximate surface area is 162 Å². The number of hydrogen-bond acceptors (Lipinski definition) is 4. The van der Waals surface area contributed by atoms with Gasteiger partial charge in [0.15, 0.2) is 9.84 Å². The zero-order valence-corrected chi connectivity index (χ0v) is 17.5. The number of benzene rings is 2. The zero-order chi connectivity index (χ0) is 18.8. The fraction of sp³-hybridized carbons (Fsp3) is 0.278. The number of nitrogens with zero attached hydrogens (tertiary/aromatic N) is 1. The highest BCUT2D eigenvalue weighted by molar-refractivity contribution is 14.1. The molecule has 0 aromatic heterocycles. The molecule has 0 aliphatic rings. The van der Waals surface area contributed by atoms with Crippen molar-refractivity contribution in [2.45, 2.75) is 15.1 Å². The summed E-state index contributed by atoms with van der Waals surface area (Å²) < 4.78 is 29.9. The Morgan fingerprint density at radius 3 is 2.32 bits per heavy atom. The van der Waals surface area contributed by atoms with Crippen LogP contribution in [0.2, 0.25) is 0 Å². The van der Waals surface area contributed by atoms with Crippen LogP contribution in [-0.4, -0.2) is 43.7 Å². The first-order valence-corrected chi connectivity index (χ1v) is 10.4. The summed E-state index contributed by atoms with van der Waals surface area (Å²) in [4.78, 5) is 13.8. The van der Waals surface area contributed by atoms with Crippen LogP contribution in [0.5, 0.6) is 5.75 Å². The van der Waals surface area contributed by atoms with Gasteiger partial charge < -0.3 is 9.64 Å². The van der Waals surface area contributed by atoms with Gasteiger partial charge in [-0.1, -0.05) is 40.8 Å². The van der Waals surface area contributed by atoms with Crippen LogP contribution in [-0.2, 0) is 9.84 Å². The van der Waals surface area contributed by atoms with Crippen molar-refractivity contribution in [3.8, 4) is 16.9 Å². The second-order valence-electron chi connectivity index (χ2n) is 5.73. The number of ether oxygens (including phenoxy) is 1. The van der Waals surface area contributed by atoms with Crippen molar-refractivity contribution in [1.82, 2.24) is 4.90 Å². The number of carbonyl (C=O) groups excluding carboxylic acids is 1. The van der Waals surface area contributed by atoms with Crippen LogP contribution in [0.25, 0.3) is 11.1 Å². The van der Waals surface area contributed by atoms with Crippen LogP contribution in [0.15, 0.2) is 47.4 Å². The molecule has 2 aromatic carbocycles. The maximum atomic E-state index is 12.6. The highest BCUT2D eigenvalue weighted by Crippen LogP contribution is 2.33. The average molecular weight is 473 g/mol. The minimum atomic E-state index is -3.50. The number of methoxy groups -OCH3 is 1. The fourth-order valence-electron chi connectivity index (χ4n) is 2.34. The lowest BCUT2D eigenvalue weighted by Crippen LogP contribution is -2.21. The molecule has 0 bridgehead atoms. The van der Waals surface area contributed by atoms with Gasteiger partial charge in [0.25, 0.3) is 5.91 Å². The summed E-state index contributed by atoms with van der Waals surface area (Å²) in [5, 5.41) is 0. The number of rotatable bonds is 5. The van der Waals surface area contributed by atoms with Crippen molar-refractivity contribution < 1.29 is 17.9 Å². The monoisotopic (exact) mass is 473 g/mol. The summed E-state index contributed by atoms with van der Waals surface area (Å²) in [5.74, 6) is 0.205. The quantitative estimate of drug-likeness (QED) is 0.492. The van der Waals surface area contributed by atoms with Gasteiger partial charge in [-0.2, -0.15) is 0 Å². The smallest absolute Gasteiger partial charge is 0.253 e. The lowest BCUT2D eigenvalue weighted by atomic mass is 10.0. The van der Waals surface area contributed by atoms with Gasteiger partial charge in [-0.15, -0.1) is 0 Å². The highest BCUT2D eigenvalue weighted by Gasteiger charge is 2.25. The van der Waals surface area contributed by atoms with Crippen molar-refractivity contribution in [3.05, 3.63) is 48.0 Å². The molecule has 0 unspecified atom stereocenters. The highest BCUT2D eigenvalue weighted by atomic mass is 127. The predicted molar refractivity (Wildman–Crippen MR) is 107 cm³/mol. The van der Waals surface area contributed by atoms with Gasteiger partial charge >= 0.3 is 0 Å². The van der Waals surface area contributed by atoms with Crippen molar-refractivity contribution in [1.29, 1.82) is 0 Å². The molecule has 0 aliphatic heterocycles. The second kappa shape index (κ2) is 7.74. The fourth-order valence-corrected chi connectivity index (χ4v) is 4.24. The number of halogens is 1. The Hall–Kier alpha value is -1.61. The first kappa shape index (κ1) is 19.7. The molecule has 5 nitrogen and oxygen atoms in total. The second-order valence-corrected chi connectivity index (χ2v) is 10.7. The molecule has 134 valence electrons. The molecule has 0 radical (unpaired) electrons. The molecule has 2 rings (SSSR count). The summed E-state index contributed by atoms with van der Waals surface area (Å²) in [6.45, 7) is 1.62. The van der Waals surface area contributed by atoms with Crippen LogP contribution in [0, 0.1) is 0 Å². The molecule has 0 saturated carbocycles. The largest absolute Gasteiger partial charge is 0.495 e. The van der Waals surface area contributed by atoms with E-state index in [2.05, 4.69) is 0 Å². The third kappa shape index (κ3) is 4.14. The van der Waals surface area contributed by atoms with E-state index in [4.69, 9.17) is 4.74 Å². The molecular formula is C18H20INO4S. The number of amides is 1. The summed E-state index contributed by atoms with van der Waals surface area (Å²) >= 11 is 1.88. The molecule has 0 fully saturated rings. The van der Waals surface area contributed by atoms with Gasteiger partial charge in [0.2, 0.25) is 0 Å². The molecule has 0 spiro atoms. The number of sulfone groups is 1. The van der Waals surface area contributed by atoms with Crippen molar-refractivity contribution in [2.24, 2.45) is 0 Å². The van der Waals surface area contributed by atoms with E-state index >= 15 is 0 Å². The van der Waals surface area contributed by atoms with Gasteiger partial charge in [-0.25, -0.2) is 8.42 Å². The van der Waals surface area contributed by atoms with Crippen LogP contribution >= 0.6 is 22.6 Å². The summed E-state index contributed by atoms with van der Waals surface area (Å²) in [6.07, 6.45) is 0. The van der Waals surface area contributed by atoms with Crippen LogP contribution in [0.3, 0.4) is 0 Å². The molecule has 2 aromatic rings. The minimum Gasteiger partial charge on any atom is -0.495 e. The van der Waals surface area contributed by atoms with E-state index in [0.29, 0.717) is 16.9 Å². The summed E-state index contributed by atoms with van der Waals surface area (Å²) in [6, 6.07) is 12.1. The normalized spacial score (nSPS) is 12.5. The minimum absolute atomic E-state index is 0.107. The van der Waals surface area contributed by atoms with Gasteiger partial charge in [0.1, 0.15) is 13.9 Å². The molecule has 1 amide bonds. The van der Waals surface area contributed by atoms with E-state index in [9.17, 15) is 13.2 Å². The topological polar surface area (TPSA) is 63.7 Å². The molecule has 25 heavy (non-hydrogen) atoms.